The van der Waals surface area contributed by atoms with Crippen LogP contribution < -0.4 is 0 Å². The zero-order valence-electron chi connectivity index (χ0n) is 6.22. The minimum Gasteiger partial charge on any atom is -0.342 e. The number of hydrogen-bond donors (Lipinski definition) is 3. The van der Waals surface area contributed by atoms with Crippen LogP contribution in [0.1, 0.15) is 26.2 Å². The highest BCUT2D eigenvalue weighted by molar-refractivity contribution is 9.25. The largest absolute Gasteiger partial charge is 0.342 e. The molecule has 0 saturated heterocycles. The molecule has 0 aliphatic rings. The number of aliphatic hydroxyl groups is 3. The van der Waals surface area contributed by atoms with Gasteiger partial charge in [-0.05, 0) is 6.42 Å². The van der Waals surface area contributed by atoms with Crippen molar-refractivity contribution >= 4 is 31.9 Å². The Balaban J connectivity index is 4.00. The van der Waals surface area contributed by atoms with Gasteiger partial charge in [-0.2, -0.15) is 0 Å². The van der Waals surface area contributed by atoms with Crippen molar-refractivity contribution in [3.63, 3.8) is 0 Å². The van der Waals surface area contributed by atoms with Gasteiger partial charge in [0.15, 0.2) is 3.23 Å². The molecule has 11 heavy (non-hydrogen) atoms. The van der Waals surface area contributed by atoms with Gasteiger partial charge in [-0.25, -0.2) is 0 Å². The Morgan fingerprint density at radius 1 is 1.18 bits per heavy atom. The highest BCUT2D eigenvalue weighted by Crippen LogP contribution is 2.39. The van der Waals surface area contributed by atoms with Gasteiger partial charge in [0.1, 0.15) is 0 Å². The molecular weight excluding hydrogens is 280 g/mol. The zero-order valence-corrected chi connectivity index (χ0v) is 9.39. The second-order valence-corrected chi connectivity index (χ2v) is 6.22. The molecule has 5 heteroatoms. The topological polar surface area (TPSA) is 60.7 Å². The van der Waals surface area contributed by atoms with Gasteiger partial charge in [0.2, 0.25) is 0 Å². The second-order valence-electron chi connectivity index (χ2n) is 2.44. The summed E-state index contributed by atoms with van der Waals surface area (Å²) in [7, 11) is 0. The molecule has 0 rings (SSSR count). The van der Waals surface area contributed by atoms with Gasteiger partial charge in [-0.1, -0.05) is 51.6 Å². The van der Waals surface area contributed by atoms with Crippen LogP contribution in [0.15, 0.2) is 0 Å². The molecule has 0 fully saturated rings. The number of halogens is 2. The Labute approximate surface area is 82.7 Å². The summed E-state index contributed by atoms with van der Waals surface area (Å²) in [5.74, 6) is -2.72. The number of unbranched alkanes of at least 4 members (excludes halogenated alkanes) is 1. The van der Waals surface area contributed by atoms with Crippen LogP contribution in [0.3, 0.4) is 0 Å². The Morgan fingerprint density at radius 2 is 1.64 bits per heavy atom. The van der Waals surface area contributed by atoms with Gasteiger partial charge in [0, 0.05) is 0 Å². The lowest BCUT2D eigenvalue weighted by Gasteiger charge is -2.29. The van der Waals surface area contributed by atoms with Crippen molar-refractivity contribution in [3.05, 3.63) is 0 Å². The Bertz CT molecular complexity index is 119. The lowest BCUT2D eigenvalue weighted by atomic mass is 10.2. The summed E-state index contributed by atoms with van der Waals surface area (Å²) in [4.78, 5) is 0. The summed E-state index contributed by atoms with van der Waals surface area (Å²) in [6, 6.07) is 0. The molecule has 3 N–H and O–H groups in total. The smallest absolute Gasteiger partial charge is 0.302 e. The third-order valence-corrected chi connectivity index (χ3v) is 3.19. The average Bonchev–Trinajstić information content (AvgIpc) is 1.81. The summed E-state index contributed by atoms with van der Waals surface area (Å²) < 4.78 is -1.22. The monoisotopic (exact) mass is 290 g/mol. The first kappa shape index (κ1) is 11.8. The minimum atomic E-state index is -2.72. The first-order chi connectivity index (χ1) is 4.81. The van der Waals surface area contributed by atoms with E-state index in [-0.39, 0.29) is 0 Å². The lowest BCUT2D eigenvalue weighted by Crippen LogP contribution is -2.45. The van der Waals surface area contributed by atoms with E-state index in [0.29, 0.717) is 6.42 Å². The van der Waals surface area contributed by atoms with Crippen molar-refractivity contribution < 1.29 is 15.3 Å². The fraction of sp³-hybridized carbons (Fsp3) is 1.00. The van der Waals surface area contributed by atoms with E-state index in [0.717, 1.165) is 12.8 Å². The Hall–Kier alpha value is 0.840. The highest BCUT2D eigenvalue weighted by atomic mass is 79.9. The Kier molecular flexibility index (Phi) is 4.50. The van der Waals surface area contributed by atoms with Gasteiger partial charge in [0.05, 0.1) is 0 Å². The van der Waals surface area contributed by atoms with Crippen molar-refractivity contribution in [2.45, 2.75) is 35.4 Å². The van der Waals surface area contributed by atoms with Crippen molar-refractivity contribution in [2.24, 2.45) is 0 Å². The van der Waals surface area contributed by atoms with E-state index in [1.807, 2.05) is 6.92 Å². The Morgan fingerprint density at radius 3 is 1.91 bits per heavy atom. The van der Waals surface area contributed by atoms with Crippen molar-refractivity contribution in [2.75, 3.05) is 0 Å². The molecule has 0 aliphatic heterocycles. The van der Waals surface area contributed by atoms with Crippen LogP contribution in [0.4, 0.5) is 0 Å². The molecule has 0 heterocycles. The molecule has 0 spiro atoms. The molecule has 0 saturated carbocycles. The van der Waals surface area contributed by atoms with E-state index >= 15 is 0 Å². The second kappa shape index (κ2) is 4.18. The van der Waals surface area contributed by atoms with Crippen LogP contribution in [0.5, 0.6) is 0 Å². The fourth-order valence-corrected chi connectivity index (χ4v) is 1.13. The van der Waals surface area contributed by atoms with Crippen molar-refractivity contribution in [3.8, 4) is 0 Å². The zero-order chi connectivity index (χ0) is 9.12. The van der Waals surface area contributed by atoms with Crippen LogP contribution in [0, 0.1) is 0 Å². The number of alkyl halides is 2. The lowest BCUT2D eigenvalue weighted by molar-refractivity contribution is -0.314. The highest BCUT2D eigenvalue weighted by Gasteiger charge is 2.43. The van der Waals surface area contributed by atoms with E-state index in [1.165, 1.54) is 0 Å². The van der Waals surface area contributed by atoms with Gasteiger partial charge < -0.3 is 15.3 Å². The van der Waals surface area contributed by atoms with Crippen LogP contribution in [-0.2, 0) is 0 Å². The van der Waals surface area contributed by atoms with Gasteiger partial charge in [-0.15, -0.1) is 0 Å². The molecule has 0 aromatic rings. The quantitative estimate of drug-likeness (QED) is 0.540. The first-order valence-electron chi connectivity index (χ1n) is 3.36. The molecule has 0 aromatic heterocycles. The number of rotatable bonds is 4. The minimum absolute atomic E-state index is 0.438. The predicted octanol–water partition coefficient (Wildman–Crippen LogP) is 1.29. The van der Waals surface area contributed by atoms with Gasteiger partial charge in [0.25, 0.3) is 0 Å². The van der Waals surface area contributed by atoms with E-state index in [4.69, 9.17) is 15.3 Å². The standard InChI is InChI=1S/C6H12Br2O3/c1-2-3-4-5(7,8)6(9,10)11/h9-11H,2-4H2,1H3. The van der Waals surface area contributed by atoms with E-state index in [2.05, 4.69) is 31.9 Å². The van der Waals surface area contributed by atoms with E-state index in [9.17, 15) is 0 Å². The maximum Gasteiger partial charge on any atom is 0.302 e. The third-order valence-electron chi connectivity index (χ3n) is 1.34. The molecule has 3 nitrogen and oxygen atoms in total. The molecule has 68 valence electrons. The van der Waals surface area contributed by atoms with Crippen LogP contribution in [0.25, 0.3) is 0 Å². The summed E-state index contributed by atoms with van der Waals surface area (Å²) in [5.41, 5.74) is 0. The fourth-order valence-electron chi connectivity index (χ4n) is 0.567. The number of hydrogen-bond acceptors (Lipinski definition) is 3. The molecular formula is C6H12Br2O3. The molecule has 0 radical (unpaired) electrons. The van der Waals surface area contributed by atoms with E-state index < -0.39 is 9.21 Å². The first-order valence-corrected chi connectivity index (χ1v) is 4.95. The molecule has 0 bridgehead atoms. The van der Waals surface area contributed by atoms with Crippen LogP contribution in [0.2, 0.25) is 0 Å². The van der Waals surface area contributed by atoms with Crippen molar-refractivity contribution in [1.29, 1.82) is 0 Å². The van der Waals surface area contributed by atoms with Gasteiger partial charge >= 0.3 is 5.97 Å². The molecule has 0 aliphatic carbocycles. The van der Waals surface area contributed by atoms with Crippen LogP contribution in [-0.4, -0.2) is 24.5 Å². The summed E-state index contributed by atoms with van der Waals surface area (Å²) in [6.45, 7) is 1.98. The molecule has 0 atom stereocenters. The molecule has 0 unspecified atom stereocenters. The SMILES string of the molecule is CCCCC(Br)(Br)C(O)(O)O. The van der Waals surface area contributed by atoms with Crippen LogP contribution >= 0.6 is 31.9 Å². The average molecular weight is 292 g/mol. The summed E-state index contributed by atoms with van der Waals surface area (Å²) in [5, 5.41) is 26.4. The molecule has 0 aromatic carbocycles. The van der Waals surface area contributed by atoms with Crippen molar-refractivity contribution in [1.82, 2.24) is 0 Å². The normalized spacial score (nSPS) is 13.6. The molecule has 0 amide bonds. The third kappa shape index (κ3) is 3.85. The maximum atomic E-state index is 8.79. The van der Waals surface area contributed by atoms with E-state index in [1.54, 1.807) is 0 Å². The summed E-state index contributed by atoms with van der Waals surface area (Å²) >= 11 is 5.94. The predicted molar refractivity (Wildman–Crippen MR) is 49.5 cm³/mol. The maximum absolute atomic E-state index is 8.79. The van der Waals surface area contributed by atoms with Gasteiger partial charge in [-0.3, -0.25) is 0 Å². The summed E-state index contributed by atoms with van der Waals surface area (Å²) in [6.07, 6.45) is 2.15.